The molecule has 0 atom stereocenters. The van der Waals surface area contributed by atoms with Crippen LogP contribution in [-0.2, 0) is 0 Å². The predicted octanol–water partition coefficient (Wildman–Crippen LogP) is 1.91. The lowest BCUT2D eigenvalue weighted by atomic mass is 10.4. The number of hydrogen-bond donors (Lipinski definition) is 1. The van der Waals surface area contributed by atoms with Crippen LogP contribution in [0.3, 0.4) is 0 Å². The first-order valence-electron chi connectivity index (χ1n) is 2.80. The van der Waals surface area contributed by atoms with Crippen LogP contribution in [0.25, 0.3) is 0 Å². The van der Waals surface area contributed by atoms with Gasteiger partial charge in [-0.05, 0) is 6.92 Å². The van der Waals surface area contributed by atoms with Gasteiger partial charge < -0.3 is 5.11 Å². The number of allylic oxidation sites excluding steroid dienone is 3. The van der Waals surface area contributed by atoms with Crippen molar-refractivity contribution >= 4 is 0 Å². The quantitative estimate of drug-likeness (QED) is 0.442. The van der Waals surface area contributed by atoms with Crippen LogP contribution in [0.15, 0.2) is 37.5 Å². The van der Waals surface area contributed by atoms with E-state index in [1.165, 1.54) is 0 Å². The minimum absolute atomic E-state index is 0.129. The number of hydrogen-bond acceptors (Lipinski definition) is 1. The van der Waals surface area contributed by atoms with Gasteiger partial charge in [0.1, 0.15) is 0 Å². The lowest BCUT2D eigenvalue weighted by Crippen LogP contribution is -1.66. The standard InChI is InChI=1S/C6H10O.C2H4/c1-2-3-4-5-6-7;1-2/h2-5,7H,6H2,1H3;1-2H2. The van der Waals surface area contributed by atoms with Crippen LogP contribution in [0.4, 0.5) is 0 Å². The van der Waals surface area contributed by atoms with E-state index in [9.17, 15) is 0 Å². The van der Waals surface area contributed by atoms with Gasteiger partial charge in [0.25, 0.3) is 0 Å². The first-order chi connectivity index (χ1) is 4.41. The Kier molecular flexibility index (Phi) is 19.3. The van der Waals surface area contributed by atoms with Crippen LogP contribution in [0.5, 0.6) is 0 Å². The Morgan fingerprint density at radius 1 is 1.33 bits per heavy atom. The third-order valence-corrected chi connectivity index (χ3v) is 0.545. The zero-order valence-electron chi connectivity index (χ0n) is 5.88. The summed E-state index contributed by atoms with van der Waals surface area (Å²) in [5.74, 6) is 0. The minimum atomic E-state index is 0.129. The lowest BCUT2D eigenvalue weighted by molar-refractivity contribution is 0.343. The van der Waals surface area contributed by atoms with Gasteiger partial charge in [-0.2, -0.15) is 0 Å². The van der Waals surface area contributed by atoms with Crippen LogP contribution in [0.1, 0.15) is 6.92 Å². The van der Waals surface area contributed by atoms with Gasteiger partial charge in [-0.15, -0.1) is 13.2 Å². The summed E-state index contributed by atoms with van der Waals surface area (Å²) in [7, 11) is 0. The summed E-state index contributed by atoms with van der Waals surface area (Å²) in [5.41, 5.74) is 0. The fraction of sp³-hybridized carbons (Fsp3) is 0.250. The van der Waals surface area contributed by atoms with E-state index in [1.807, 2.05) is 19.1 Å². The summed E-state index contributed by atoms with van der Waals surface area (Å²) >= 11 is 0. The van der Waals surface area contributed by atoms with E-state index in [-0.39, 0.29) is 6.61 Å². The molecule has 1 nitrogen and oxygen atoms in total. The highest BCUT2D eigenvalue weighted by molar-refractivity contribution is 5.00. The number of aliphatic hydroxyl groups is 1. The summed E-state index contributed by atoms with van der Waals surface area (Å²) in [5, 5.41) is 8.17. The van der Waals surface area contributed by atoms with Gasteiger partial charge >= 0.3 is 0 Å². The Morgan fingerprint density at radius 3 is 2.22 bits per heavy atom. The Morgan fingerprint density at radius 2 is 1.89 bits per heavy atom. The average molecular weight is 126 g/mol. The molecule has 0 rings (SSSR count). The second-order valence-electron chi connectivity index (χ2n) is 1.14. The van der Waals surface area contributed by atoms with Gasteiger partial charge in [0.2, 0.25) is 0 Å². The molecule has 0 spiro atoms. The normalized spacial score (nSPS) is 9.56. The highest BCUT2D eigenvalue weighted by Crippen LogP contribution is 1.72. The van der Waals surface area contributed by atoms with Crippen LogP contribution in [-0.4, -0.2) is 11.7 Å². The molecule has 0 aromatic heterocycles. The zero-order valence-corrected chi connectivity index (χ0v) is 5.88. The van der Waals surface area contributed by atoms with Gasteiger partial charge in [-0.1, -0.05) is 24.3 Å². The molecule has 1 N–H and O–H groups in total. The van der Waals surface area contributed by atoms with Gasteiger partial charge in [-0.25, -0.2) is 0 Å². The molecule has 0 radical (unpaired) electrons. The minimum Gasteiger partial charge on any atom is -0.392 e. The number of aliphatic hydroxyl groups excluding tert-OH is 1. The Balaban J connectivity index is 0. The van der Waals surface area contributed by atoms with Crippen molar-refractivity contribution in [2.24, 2.45) is 0 Å². The third-order valence-electron chi connectivity index (χ3n) is 0.545. The molecular weight excluding hydrogens is 112 g/mol. The van der Waals surface area contributed by atoms with Crippen molar-refractivity contribution in [1.29, 1.82) is 0 Å². The molecule has 0 unspecified atom stereocenters. The van der Waals surface area contributed by atoms with Crippen molar-refractivity contribution in [1.82, 2.24) is 0 Å². The summed E-state index contributed by atoms with van der Waals surface area (Å²) in [4.78, 5) is 0. The molecular formula is C8H14O. The summed E-state index contributed by atoms with van der Waals surface area (Å²) in [6, 6.07) is 0. The monoisotopic (exact) mass is 126 g/mol. The van der Waals surface area contributed by atoms with E-state index in [2.05, 4.69) is 13.2 Å². The second-order valence-corrected chi connectivity index (χ2v) is 1.14. The summed E-state index contributed by atoms with van der Waals surface area (Å²) in [6.45, 7) is 8.06. The molecule has 0 amide bonds. The van der Waals surface area contributed by atoms with Crippen LogP contribution in [0, 0.1) is 0 Å². The molecule has 0 aliphatic carbocycles. The van der Waals surface area contributed by atoms with E-state index in [1.54, 1.807) is 12.2 Å². The van der Waals surface area contributed by atoms with Crippen molar-refractivity contribution in [3.8, 4) is 0 Å². The maximum Gasteiger partial charge on any atom is 0.0615 e. The third kappa shape index (κ3) is 19.1. The second kappa shape index (κ2) is 15.7. The van der Waals surface area contributed by atoms with Crippen molar-refractivity contribution < 1.29 is 5.11 Å². The molecule has 1 heteroatoms. The molecule has 0 heterocycles. The van der Waals surface area contributed by atoms with Crippen molar-refractivity contribution in [2.45, 2.75) is 6.92 Å². The Labute approximate surface area is 57.0 Å². The van der Waals surface area contributed by atoms with Crippen LogP contribution >= 0.6 is 0 Å². The highest BCUT2D eigenvalue weighted by atomic mass is 16.2. The maximum atomic E-state index is 8.17. The Bertz CT molecular complexity index is 82.6. The maximum absolute atomic E-state index is 8.17. The number of rotatable bonds is 2. The molecule has 0 aromatic carbocycles. The van der Waals surface area contributed by atoms with Gasteiger partial charge in [-0.3, -0.25) is 0 Å². The van der Waals surface area contributed by atoms with Crippen molar-refractivity contribution in [3.05, 3.63) is 37.5 Å². The van der Waals surface area contributed by atoms with Crippen molar-refractivity contribution in [2.75, 3.05) is 6.61 Å². The smallest absolute Gasteiger partial charge is 0.0615 e. The lowest BCUT2D eigenvalue weighted by Gasteiger charge is -1.70. The van der Waals surface area contributed by atoms with Crippen molar-refractivity contribution in [3.63, 3.8) is 0 Å². The fourth-order valence-corrected chi connectivity index (χ4v) is 0.251. The molecule has 0 saturated heterocycles. The average Bonchev–Trinajstić information content (AvgIpc) is 1.94. The Hall–Kier alpha value is -0.820. The molecule has 0 aromatic rings. The van der Waals surface area contributed by atoms with E-state index in [0.717, 1.165) is 0 Å². The zero-order chi connectivity index (χ0) is 7.54. The van der Waals surface area contributed by atoms with E-state index in [4.69, 9.17) is 5.11 Å². The predicted molar refractivity (Wildman–Crippen MR) is 42.3 cm³/mol. The van der Waals surface area contributed by atoms with Gasteiger partial charge in [0.05, 0.1) is 6.61 Å². The molecule has 0 aliphatic heterocycles. The molecule has 52 valence electrons. The van der Waals surface area contributed by atoms with Gasteiger partial charge in [0.15, 0.2) is 0 Å². The highest BCUT2D eigenvalue weighted by Gasteiger charge is 1.58. The van der Waals surface area contributed by atoms with Crippen LogP contribution < -0.4 is 0 Å². The SMILES string of the molecule is C=C.CC=CC=CCO. The largest absolute Gasteiger partial charge is 0.392 e. The molecule has 0 bridgehead atoms. The summed E-state index contributed by atoms with van der Waals surface area (Å²) < 4.78 is 0. The molecule has 0 fully saturated rings. The fourth-order valence-electron chi connectivity index (χ4n) is 0.251. The molecule has 0 aliphatic rings. The topological polar surface area (TPSA) is 20.2 Å². The van der Waals surface area contributed by atoms with E-state index in [0.29, 0.717) is 0 Å². The first-order valence-corrected chi connectivity index (χ1v) is 2.80. The molecule has 9 heavy (non-hydrogen) atoms. The van der Waals surface area contributed by atoms with E-state index < -0.39 is 0 Å². The summed E-state index contributed by atoms with van der Waals surface area (Å²) in [6.07, 6.45) is 7.27. The first kappa shape index (κ1) is 11.0. The van der Waals surface area contributed by atoms with E-state index >= 15 is 0 Å². The van der Waals surface area contributed by atoms with Gasteiger partial charge in [0, 0.05) is 0 Å². The van der Waals surface area contributed by atoms with Crippen LogP contribution in [0.2, 0.25) is 0 Å². The molecule has 0 saturated carbocycles.